The van der Waals surface area contributed by atoms with Gasteiger partial charge in [-0.15, -0.1) is 0 Å². The molecule has 0 saturated carbocycles. The van der Waals surface area contributed by atoms with Crippen molar-refractivity contribution in [2.45, 2.75) is 19.6 Å². The third-order valence-corrected chi connectivity index (χ3v) is 4.27. The smallest absolute Gasteiger partial charge is 0.191 e. The lowest BCUT2D eigenvalue weighted by Crippen LogP contribution is -2.36. The molecule has 0 saturated heterocycles. The van der Waals surface area contributed by atoms with Crippen LogP contribution in [-0.4, -0.2) is 29.7 Å². The van der Waals surface area contributed by atoms with E-state index in [4.69, 9.17) is 4.74 Å². The van der Waals surface area contributed by atoms with Gasteiger partial charge in [-0.25, -0.2) is 4.98 Å². The third-order valence-electron chi connectivity index (χ3n) is 4.27. The first-order chi connectivity index (χ1) is 13.3. The fourth-order valence-corrected chi connectivity index (χ4v) is 2.79. The third kappa shape index (κ3) is 5.34. The highest BCUT2D eigenvalue weighted by Gasteiger charge is 2.04. The van der Waals surface area contributed by atoms with Gasteiger partial charge < -0.3 is 19.9 Å². The quantitative estimate of drug-likeness (QED) is 0.500. The highest BCUT2D eigenvalue weighted by atomic mass is 16.5. The van der Waals surface area contributed by atoms with Crippen LogP contribution in [0.5, 0.6) is 5.75 Å². The van der Waals surface area contributed by atoms with E-state index >= 15 is 0 Å². The van der Waals surface area contributed by atoms with Crippen molar-refractivity contribution in [3.63, 3.8) is 0 Å². The Balaban J connectivity index is 1.50. The number of guanidine groups is 1. The summed E-state index contributed by atoms with van der Waals surface area (Å²) < 4.78 is 7.44. The lowest BCUT2D eigenvalue weighted by atomic mass is 10.1. The zero-order valence-electron chi connectivity index (χ0n) is 15.7. The summed E-state index contributed by atoms with van der Waals surface area (Å²) in [4.78, 5) is 8.35. The standard InChI is InChI=1S/C21H25N5O/c1-22-21(25-14-19-5-3-4-6-20(19)27-2)24-13-17-7-9-18(10-8-17)15-26-12-11-23-16-26/h3-12,16H,13-15H2,1-2H3,(H2,22,24,25). The second kappa shape index (κ2) is 9.43. The molecule has 3 aromatic rings. The topological polar surface area (TPSA) is 63.5 Å². The van der Waals surface area contributed by atoms with Crippen LogP contribution in [0, 0.1) is 0 Å². The average Bonchev–Trinajstić information content (AvgIpc) is 3.22. The van der Waals surface area contributed by atoms with Crippen LogP contribution in [0.2, 0.25) is 0 Å². The van der Waals surface area contributed by atoms with Crippen LogP contribution in [0.3, 0.4) is 0 Å². The number of benzene rings is 2. The van der Waals surface area contributed by atoms with Gasteiger partial charge >= 0.3 is 0 Å². The van der Waals surface area contributed by atoms with Crippen molar-refractivity contribution >= 4 is 5.96 Å². The number of hydrogen-bond donors (Lipinski definition) is 2. The molecule has 0 atom stereocenters. The van der Waals surface area contributed by atoms with Gasteiger partial charge in [0.1, 0.15) is 5.75 Å². The minimum atomic E-state index is 0.646. The normalized spacial score (nSPS) is 11.3. The highest BCUT2D eigenvalue weighted by Crippen LogP contribution is 2.16. The molecule has 6 nitrogen and oxygen atoms in total. The van der Waals surface area contributed by atoms with Crippen LogP contribution in [-0.2, 0) is 19.6 Å². The molecule has 0 aliphatic heterocycles. The lowest BCUT2D eigenvalue weighted by molar-refractivity contribution is 0.409. The van der Waals surface area contributed by atoms with E-state index in [1.165, 1.54) is 11.1 Å². The minimum Gasteiger partial charge on any atom is -0.496 e. The molecular formula is C21H25N5O. The molecule has 2 aromatic carbocycles. The summed E-state index contributed by atoms with van der Waals surface area (Å²) in [5.74, 6) is 1.62. The van der Waals surface area contributed by atoms with Gasteiger partial charge in [-0.05, 0) is 17.2 Å². The summed E-state index contributed by atoms with van der Waals surface area (Å²) in [5.41, 5.74) is 3.53. The number of para-hydroxylation sites is 1. The fraction of sp³-hybridized carbons (Fsp3) is 0.238. The van der Waals surface area contributed by atoms with Gasteiger partial charge in [0.25, 0.3) is 0 Å². The molecule has 0 aliphatic carbocycles. The van der Waals surface area contributed by atoms with Crippen molar-refractivity contribution in [2.24, 2.45) is 4.99 Å². The first-order valence-corrected chi connectivity index (χ1v) is 8.88. The number of aliphatic imine (C=N–C) groups is 1. The van der Waals surface area contributed by atoms with E-state index in [9.17, 15) is 0 Å². The molecule has 0 aliphatic rings. The van der Waals surface area contributed by atoms with Gasteiger partial charge in [0.15, 0.2) is 5.96 Å². The van der Waals surface area contributed by atoms with Crippen LogP contribution < -0.4 is 15.4 Å². The fourth-order valence-electron chi connectivity index (χ4n) is 2.79. The lowest BCUT2D eigenvalue weighted by Gasteiger charge is -2.14. The number of nitrogens with zero attached hydrogens (tertiary/aromatic N) is 3. The predicted octanol–water partition coefficient (Wildman–Crippen LogP) is 2.81. The molecule has 0 amide bonds. The Morgan fingerprint density at radius 1 is 1.04 bits per heavy atom. The largest absolute Gasteiger partial charge is 0.496 e. The van der Waals surface area contributed by atoms with Crippen LogP contribution in [0.25, 0.3) is 0 Å². The summed E-state index contributed by atoms with van der Waals surface area (Å²) in [6.07, 6.45) is 5.58. The second-order valence-corrected chi connectivity index (χ2v) is 6.14. The van der Waals surface area contributed by atoms with Crippen LogP contribution in [0.4, 0.5) is 0 Å². The molecule has 0 fully saturated rings. The van der Waals surface area contributed by atoms with Gasteiger partial charge in [0.05, 0.1) is 13.4 Å². The molecule has 0 bridgehead atoms. The van der Waals surface area contributed by atoms with E-state index in [1.54, 1.807) is 20.4 Å². The Bertz CT molecular complexity index is 857. The highest BCUT2D eigenvalue weighted by molar-refractivity contribution is 5.79. The summed E-state index contributed by atoms with van der Waals surface area (Å²) in [7, 11) is 3.45. The molecule has 27 heavy (non-hydrogen) atoms. The van der Waals surface area contributed by atoms with E-state index < -0.39 is 0 Å². The molecule has 1 aromatic heterocycles. The van der Waals surface area contributed by atoms with Crippen LogP contribution in [0.15, 0.2) is 72.2 Å². The van der Waals surface area contributed by atoms with Crippen molar-refractivity contribution in [2.75, 3.05) is 14.2 Å². The Labute approximate surface area is 159 Å². The Hall–Kier alpha value is -3.28. The number of aromatic nitrogens is 2. The van der Waals surface area contributed by atoms with Gasteiger partial charge in [-0.1, -0.05) is 42.5 Å². The van der Waals surface area contributed by atoms with Crippen molar-refractivity contribution < 1.29 is 4.74 Å². The summed E-state index contributed by atoms with van der Waals surface area (Å²) in [6, 6.07) is 16.5. The number of rotatable bonds is 7. The molecule has 0 spiro atoms. The Morgan fingerprint density at radius 2 is 1.78 bits per heavy atom. The average molecular weight is 363 g/mol. The van der Waals surface area contributed by atoms with Gasteiger partial charge in [0.2, 0.25) is 0 Å². The molecule has 140 valence electrons. The molecule has 1 heterocycles. The number of nitrogens with one attached hydrogen (secondary N) is 2. The van der Waals surface area contributed by atoms with Gasteiger partial charge in [-0.2, -0.15) is 0 Å². The Morgan fingerprint density at radius 3 is 2.48 bits per heavy atom. The van der Waals surface area contributed by atoms with Crippen molar-refractivity contribution in [3.8, 4) is 5.75 Å². The predicted molar refractivity (Wildman–Crippen MR) is 108 cm³/mol. The maximum atomic E-state index is 5.38. The number of imidazole rings is 1. The van der Waals surface area contributed by atoms with Crippen LogP contribution in [0.1, 0.15) is 16.7 Å². The van der Waals surface area contributed by atoms with E-state index in [0.717, 1.165) is 23.8 Å². The molecule has 0 unspecified atom stereocenters. The van der Waals surface area contributed by atoms with Gasteiger partial charge in [0, 0.05) is 44.6 Å². The minimum absolute atomic E-state index is 0.646. The Kier molecular flexibility index (Phi) is 6.46. The first-order valence-electron chi connectivity index (χ1n) is 8.88. The van der Waals surface area contributed by atoms with E-state index in [2.05, 4.69) is 49.4 Å². The molecule has 3 rings (SSSR count). The zero-order chi connectivity index (χ0) is 18.9. The summed E-state index contributed by atoms with van der Waals surface area (Å²) >= 11 is 0. The van der Waals surface area contributed by atoms with Crippen molar-refractivity contribution in [3.05, 3.63) is 83.9 Å². The molecule has 2 N–H and O–H groups in total. The van der Waals surface area contributed by atoms with Crippen molar-refractivity contribution in [1.82, 2.24) is 20.2 Å². The van der Waals surface area contributed by atoms with E-state index in [1.807, 2.05) is 36.8 Å². The number of ether oxygens (including phenoxy) is 1. The number of hydrogen-bond acceptors (Lipinski definition) is 3. The summed E-state index contributed by atoms with van der Waals surface area (Å²) in [6.45, 7) is 2.18. The SMILES string of the molecule is CN=C(NCc1ccc(Cn2ccnc2)cc1)NCc1ccccc1OC. The monoisotopic (exact) mass is 363 g/mol. The van der Waals surface area contributed by atoms with Crippen LogP contribution >= 0.6 is 0 Å². The maximum absolute atomic E-state index is 5.38. The first kappa shape index (κ1) is 18.5. The van der Waals surface area contributed by atoms with E-state index in [0.29, 0.717) is 13.1 Å². The van der Waals surface area contributed by atoms with E-state index in [-0.39, 0.29) is 0 Å². The second-order valence-electron chi connectivity index (χ2n) is 6.14. The van der Waals surface area contributed by atoms with Gasteiger partial charge in [-0.3, -0.25) is 4.99 Å². The zero-order valence-corrected chi connectivity index (χ0v) is 15.7. The molecular weight excluding hydrogens is 338 g/mol. The molecule has 6 heteroatoms. The molecule has 0 radical (unpaired) electrons. The summed E-state index contributed by atoms with van der Waals surface area (Å²) in [5, 5.41) is 6.66. The number of methoxy groups -OCH3 is 1. The maximum Gasteiger partial charge on any atom is 0.191 e. The van der Waals surface area contributed by atoms with Crippen molar-refractivity contribution in [1.29, 1.82) is 0 Å².